The summed E-state index contributed by atoms with van der Waals surface area (Å²) in [7, 11) is 0. The summed E-state index contributed by atoms with van der Waals surface area (Å²) in [4.78, 5) is 23.4. The zero-order valence-electron chi connectivity index (χ0n) is 12.1. The average Bonchev–Trinajstić information content (AvgIpc) is 2.87. The Morgan fingerprint density at radius 2 is 1.90 bits per heavy atom. The first-order valence-electron chi connectivity index (χ1n) is 6.44. The van der Waals surface area contributed by atoms with Crippen molar-refractivity contribution >= 4 is 17.6 Å². The lowest BCUT2D eigenvalue weighted by Gasteiger charge is -2.11. The topological polar surface area (TPSA) is 81.4 Å². The van der Waals surface area contributed by atoms with Gasteiger partial charge in [0, 0.05) is 11.8 Å². The van der Waals surface area contributed by atoms with Crippen LogP contribution in [0.25, 0.3) is 0 Å². The Kier molecular flexibility index (Phi) is 4.37. The minimum absolute atomic E-state index is 0.0210. The first-order chi connectivity index (χ1) is 9.97. The maximum atomic E-state index is 11.8. The molecule has 0 aliphatic rings. The Balaban J connectivity index is 1.92. The van der Waals surface area contributed by atoms with Crippen molar-refractivity contribution in [1.29, 1.82) is 0 Å². The van der Waals surface area contributed by atoms with Crippen LogP contribution in [0.15, 0.2) is 28.8 Å². The van der Waals surface area contributed by atoms with Crippen LogP contribution < -0.4 is 5.32 Å². The molecule has 0 atom stereocenters. The van der Waals surface area contributed by atoms with Gasteiger partial charge >= 0.3 is 5.97 Å². The van der Waals surface area contributed by atoms with Gasteiger partial charge in [-0.3, -0.25) is 4.79 Å². The number of hydrogen-bond donors (Lipinski definition) is 1. The highest BCUT2D eigenvalue weighted by molar-refractivity contribution is 5.95. The van der Waals surface area contributed by atoms with Crippen LogP contribution in [0.5, 0.6) is 0 Å². The summed E-state index contributed by atoms with van der Waals surface area (Å²) in [5.74, 6) is -1.14. The van der Waals surface area contributed by atoms with Crippen molar-refractivity contribution in [2.45, 2.75) is 20.8 Å². The van der Waals surface area contributed by atoms with Crippen molar-refractivity contribution in [3.8, 4) is 0 Å². The Labute approximate surface area is 122 Å². The van der Waals surface area contributed by atoms with E-state index in [1.807, 2.05) is 32.0 Å². The number of para-hydroxylation sites is 1. The van der Waals surface area contributed by atoms with E-state index in [0.717, 1.165) is 16.8 Å². The predicted octanol–water partition coefficient (Wildman–Crippen LogP) is 2.40. The minimum atomic E-state index is -0.716. The number of aromatic nitrogens is 1. The first-order valence-corrected chi connectivity index (χ1v) is 6.44. The molecule has 0 fully saturated rings. The number of anilines is 1. The Morgan fingerprint density at radius 3 is 2.48 bits per heavy atom. The smallest absolute Gasteiger partial charge is 0.377 e. The fourth-order valence-electron chi connectivity index (χ4n) is 1.85. The van der Waals surface area contributed by atoms with Crippen LogP contribution in [0.1, 0.15) is 27.4 Å². The molecule has 6 heteroatoms. The summed E-state index contributed by atoms with van der Waals surface area (Å²) in [6, 6.07) is 7.15. The average molecular weight is 288 g/mol. The predicted molar refractivity (Wildman–Crippen MR) is 76.1 cm³/mol. The largest absolute Gasteiger partial charge is 0.450 e. The summed E-state index contributed by atoms with van der Waals surface area (Å²) in [6.07, 6.45) is 0. The third-order valence-corrected chi connectivity index (χ3v) is 2.91. The number of hydrogen-bond acceptors (Lipinski definition) is 5. The highest BCUT2D eigenvalue weighted by Gasteiger charge is 2.15. The first kappa shape index (κ1) is 14.8. The van der Waals surface area contributed by atoms with Gasteiger partial charge in [-0.25, -0.2) is 4.79 Å². The van der Waals surface area contributed by atoms with Crippen LogP contribution in [0.4, 0.5) is 5.69 Å². The number of carbonyl (C=O) groups is 2. The zero-order valence-corrected chi connectivity index (χ0v) is 12.1. The normalized spacial score (nSPS) is 10.2. The molecule has 0 radical (unpaired) electrons. The SMILES string of the molecule is Cc1cc(C(=O)OCC(=O)Nc2c(C)cccc2C)on1. The number of nitrogens with zero attached hydrogens (tertiary/aromatic N) is 1. The van der Waals surface area contributed by atoms with Crippen LogP contribution in [-0.4, -0.2) is 23.6 Å². The number of carbonyl (C=O) groups excluding carboxylic acids is 2. The highest BCUT2D eigenvalue weighted by Crippen LogP contribution is 2.19. The Bertz CT molecular complexity index is 656. The maximum absolute atomic E-state index is 11.8. The van der Waals surface area contributed by atoms with Crippen molar-refractivity contribution in [2.75, 3.05) is 11.9 Å². The molecule has 0 spiro atoms. The molecule has 1 aromatic carbocycles. The lowest BCUT2D eigenvalue weighted by Crippen LogP contribution is -2.21. The molecule has 0 saturated carbocycles. The molecule has 1 aromatic heterocycles. The second kappa shape index (κ2) is 6.21. The van der Waals surface area contributed by atoms with Crippen LogP contribution >= 0.6 is 0 Å². The van der Waals surface area contributed by atoms with Crippen LogP contribution in [0.3, 0.4) is 0 Å². The van der Waals surface area contributed by atoms with E-state index in [1.165, 1.54) is 6.07 Å². The van der Waals surface area contributed by atoms with Gasteiger partial charge in [0.15, 0.2) is 6.61 Å². The third kappa shape index (κ3) is 3.68. The summed E-state index contributed by atoms with van der Waals surface area (Å²) in [5, 5.41) is 6.31. The summed E-state index contributed by atoms with van der Waals surface area (Å²) < 4.78 is 9.63. The van der Waals surface area contributed by atoms with Crippen molar-refractivity contribution in [2.24, 2.45) is 0 Å². The number of ether oxygens (including phenoxy) is 1. The molecule has 0 unspecified atom stereocenters. The molecule has 0 saturated heterocycles. The molecule has 21 heavy (non-hydrogen) atoms. The number of nitrogens with one attached hydrogen (secondary N) is 1. The fourth-order valence-corrected chi connectivity index (χ4v) is 1.85. The van der Waals surface area contributed by atoms with Gasteiger partial charge in [0.2, 0.25) is 5.76 Å². The second-order valence-corrected chi connectivity index (χ2v) is 4.72. The molecule has 0 aliphatic heterocycles. The van der Waals surface area contributed by atoms with E-state index in [-0.39, 0.29) is 12.4 Å². The van der Waals surface area contributed by atoms with Crippen molar-refractivity contribution in [1.82, 2.24) is 5.16 Å². The molecule has 110 valence electrons. The molecule has 0 aliphatic carbocycles. The monoisotopic (exact) mass is 288 g/mol. The number of esters is 1. The molecule has 0 bridgehead atoms. The maximum Gasteiger partial charge on any atom is 0.377 e. The molecule has 1 heterocycles. The summed E-state index contributed by atoms with van der Waals surface area (Å²) in [6.45, 7) is 5.10. The van der Waals surface area contributed by atoms with Crippen LogP contribution in [0, 0.1) is 20.8 Å². The fraction of sp³-hybridized carbons (Fsp3) is 0.267. The molecule has 1 N–H and O–H groups in total. The molecular weight excluding hydrogens is 272 g/mol. The van der Waals surface area contributed by atoms with Crippen molar-refractivity contribution in [3.05, 3.63) is 46.8 Å². The Hall–Kier alpha value is -2.63. The molecule has 2 aromatic rings. The summed E-state index contributed by atoms with van der Waals surface area (Å²) in [5.41, 5.74) is 3.19. The van der Waals surface area contributed by atoms with Gasteiger partial charge in [0.05, 0.1) is 5.69 Å². The lowest BCUT2D eigenvalue weighted by molar-refractivity contribution is -0.119. The van der Waals surface area contributed by atoms with Gasteiger partial charge in [-0.15, -0.1) is 0 Å². The highest BCUT2D eigenvalue weighted by atomic mass is 16.6. The van der Waals surface area contributed by atoms with E-state index in [2.05, 4.69) is 10.5 Å². The van der Waals surface area contributed by atoms with E-state index in [0.29, 0.717) is 5.69 Å². The van der Waals surface area contributed by atoms with Crippen LogP contribution in [0.2, 0.25) is 0 Å². The second-order valence-electron chi connectivity index (χ2n) is 4.72. The van der Waals surface area contributed by atoms with Crippen molar-refractivity contribution in [3.63, 3.8) is 0 Å². The van der Waals surface area contributed by atoms with E-state index in [1.54, 1.807) is 6.92 Å². The van der Waals surface area contributed by atoms with Gasteiger partial charge in [-0.1, -0.05) is 23.4 Å². The third-order valence-electron chi connectivity index (χ3n) is 2.91. The summed E-state index contributed by atoms with van der Waals surface area (Å²) >= 11 is 0. The Morgan fingerprint density at radius 1 is 1.24 bits per heavy atom. The van der Waals surface area contributed by atoms with E-state index >= 15 is 0 Å². The van der Waals surface area contributed by atoms with Gasteiger partial charge in [-0.05, 0) is 31.9 Å². The molecule has 2 rings (SSSR count). The molecule has 1 amide bonds. The quantitative estimate of drug-likeness (QED) is 0.874. The van der Waals surface area contributed by atoms with Gasteiger partial charge in [0.1, 0.15) is 0 Å². The van der Waals surface area contributed by atoms with E-state index < -0.39 is 11.9 Å². The minimum Gasteiger partial charge on any atom is -0.450 e. The number of amides is 1. The number of benzene rings is 1. The number of aryl methyl sites for hydroxylation is 3. The number of rotatable bonds is 4. The van der Waals surface area contributed by atoms with Crippen molar-refractivity contribution < 1.29 is 18.8 Å². The van der Waals surface area contributed by atoms with E-state index in [4.69, 9.17) is 9.26 Å². The van der Waals surface area contributed by atoms with Gasteiger partial charge in [-0.2, -0.15) is 0 Å². The molecular formula is C15H16N2O4. The van der Waals surface area contributed by atoms with Gasteiger partial charge < -0.3 is 14.6 Å². The lowest BCUT2D eigenvalue weighted by atomic mass is 10.1. The standard InChI is InChI=1S/C15H16N2O4/c1-9-5-4-6-10(2)14(9)16-13(18)8-20-15(19)12-7-11(3)17-21-12/h4-7H,8H2,1-3H3,(H,16,18). The molecule has 6 nitrogen and oxygen atoms in total. The van der Waals surface area contributed by atoms with E-state index in [9.17, 15) is 9.59 Å². The zero-order chi connectivity index (χ0) is 15.4. The van der Waals surface area contributed by atoms with Crippen LogP contribution in [-0.2, 0) is 9.53 Å². The van der Waals surface area contributed by atoms with Gasteiger partial charge in [0.25, 0.3) is 5.91 Å².